The smallest absolute Gasteiger partial charge is 0.274 e. The van der Waals surface area contributed by atoms with E-state index in [4.69, 9.17) is 4.74 Å². The number of aryl methyl sites for hydroxylation is 3. The molecule has 0 unspecified atom stereocenters. The third-order valence-electron chi connectivity index (χ3n) is 5.37. The number of carbonyl (C=O) groups excluding carboxylic acids is 1. The first-order valence-corrected chi connectivity index (χ1v) is 10.1. The van der Waals surface area contributed by atoms with E-state index in [1.165, 1.54) is 0 Å². The van der Waals surface area contributed by atoms with Crippen molar-refractivity contribution >= 4 is 11.6 Å². The van der Waals surface area contributed by atoms with Crippen molar-refractivity contribution in [1.82, 2.24) is 24.4 Å². The molecule has 0 radical (unpaired) electrons. The molecule has 0 saturated carbocycles. The minimum Gasteiger partial charge on any atom is -0.492 e. The minimum absolute atomic E-state index is 0.0247. The number of ether oxygens (including phenoxy) is 1. The SMILES string of the molecule is Cc1cc(C)n2nc(C(=O)N3CCN(CCOc4ccccc4C)CC3)cc2n1. The van der Waals surface area contributed by atoms with Gasteiger partial charge in [0.1, 0.15) is 12.4 Å². The van der Waals surface area contributed by atoms with E-state index in [1.54, 1.807) is 10.6 Å². The summed E-state index contributed by atoms with van der Waals surface area (Å²) in [5.41, 5.74) is 4.23. The maximum atomic E-state index is 12.9. The topological polar surface area (TPSA) is 63.0 Å². The van der Waals surface area contributed by atoms with Crippen molar-refractivity contribution in [3.05, 3.63) is 59.0 Å². The highest BCUT2D eigenvalue weighted by molar-refractivity contribution is 5.93. The van der Waals surface area contributed by atoms with Crippen molar-refractivity contribution in [3.63, 3.8) is 0 Å². The van der Waals surface area contributed by atoms with E-state index >= 15 is 0 Å². The molecule has 29 heavy (non-hydrogen) atoms. The van der Waals surface area contributed by atoms with Gasteiger partial charge in [-0.3, -0.25) is 9.69 Å². The van der Waals surface area contributed by atoms with Gasteiger partial charge in [0.05, 0.1) is 0 Å². The molecule has 0 N–H and O–H groups in total. The molecule has 0 atom stereocenters. The van der Waals surface area contributed by atoms with Gasteiger partial charge in [-0.05, 0) is 38.5 Å². The van der Waals surface area contributed by atoms with Crippen LogP contribution < -0.4 is 4.74 Å². The van der Waals surface area contributed by atoms with E-state index in [1.807, 2.05) is 43.0 Å². The van der Waals surface area contributed by atoms with Crippen LogP contribution in [-0.2, 0) is 0 Å². The van der Waals surface area contributed by atoms with Gasteiger partial charge in [0.25, 0.3) is 5.91 Å². The predicted octanol–water partition coefficient (Wildman–Crippen LogP) is 2.49. The molecule has 1 fully saturated rings. The molecule has 152 valence electrons. The molecule has 0 bridgehead atoms. The maximum absolute atomic E-state index is 12.9. The normalized spacial score (nSPS) is 15.1. The Bertz CT molecular complexity index is 1020. The van der Waals surface area contributed by atoms with Gasteiger partial charge >= 0.3 is 0 Å². The van der Waals surface area contributed by atoms with Gasteiger partial charge in [0.2, 0.25) is 0 Å². The van der Waals surface area contributed by atoms with Crippen molar-refractivity contribution in [3.8, 4) is 5.75 Å². The van der Waals surface area contributed by atoms with Crippen molar-refractivity contribution in [2.75, 3.05) is 39.3 Å². The van der Waals surface area contributed by atoms with Gasteiger partial charge in [-0.1, -0.05) is 18.2 Å². The number of para-hydroxylation sites is 1. The average molecular weight is 393 g/mol. The number of benzene rings is 1. The summed E-state index contributed by atoms with van der Waals surface area (Å²) < 4.78 is 7.63. The molecule has 3 heterocycles. The molecule has 1 saturated heterocycles. The van der Waals surface area contributed by atoms with Crippen molar-refractivity contribution in [2.24, 2.45) is 0 Å². The van der Waals surface area contributed by atoms with Crippen LogP contribution in [0.2, 0.25) is 0 Å². The number of fused-ring (bicyclic) bond motifs is 1. The lowest BCUT2D eigenvalue weighted by Crippen LogP contribution is -2.49. The Hall–Kier alpha value is -2.93. The Morgan fingerprint density at radius 2 is 1.83 bits per heavy atom. The van der Waals surface area contributed by atoms with Crippen molar-refractivity contribution in [1.29, 1.82) is 0 Å². The van der Waals surface area contributed by atoms with Crippen LogP contribution in [0, 0.1) is 20.8 Å². The molecular weight excluding hydrogens is 366 g/mol. The van der Waals surface area contributed by atoms with E-state index in [-0.39, 0.29) is 5.91 Å². The number of rotatable bonds is 5. The number of hydrogen-bond donors (Lipinski definition) is 0. The van der Waals surface area contributed by atoms with Crippen molar-refractivity contribution < 1.29 is 9.53 Å². The first-order valence-electron chi connectivity index (χ1n) is 10.1. The molecule has 1 amide bonds. The summed E-state index contributed by atoms with van der Waals surface area (Å²) in [7, 11) is 0. The highest BCUT2D eigenvalue weighted by atomic mass is 16.5. The lowest BCUT2D eigenvalue weighted by atomic mass is 10.2. The zero-order chi connectivity index (χ0) is 20.4. The molecule has 1 aromatic carbocycles. The Balaban J connectivity index is 1.31. The highest BCUT2D eigenvalue weighted by Gasteiger charge is 2.24. The van der Waals surface area contributed by atoms with Gasteiger partial charge in [0.15, 0.2) is 11.3 Å². The second-order valence-corrected chi connectivity index (χ2v) is 7.59. The number of amides is 1. The third-order valence-corrected chi connectivity index (χ3v) is 5.37. The zero-order valence-electron chi connectivity index (χ0n) is 17.3. The Morgan fingerprint density at radius 3 is 2.59 bits per heavy atom. The van der Waals surface area contributed by atoms with E-state index < -0.39 is 0 Å². The molecule has 0 spiro atoms. The average Bonchev–Trinajstić information content (AvgIpc) is 3.14. The largest absolute Gasteiger partial charge is 0.492 e. The quantitative estimate of drug-likeness (QED) is 0.666. The second kappa shape index (κ2) is 8.21. The standard InChI is InChI=1S/C22H27N5O2/c1-16-6-4-5-7-20(16)29-13-12-25-8-10-26(11-9-25)22(28)19-15-21-23-17(2)14-18(3)27(21)24-19/h4-7,14-15H,8-13H2,1-3H3. The van der Waals surface area contributed by atoms with Gasteiger partial charge in [-0.25, -0.2) is 9.50 Å². The van der Waals surface area contributed by atoms with Gasteiger partial charge in [0, 0.05) is 50.2 Å². The first-order chi connectivity index (χ1) is 14.0. The summed E-state index contributed by atoms with van der Waals surface area (Å²) in [6.45, 7) is 10.6. The van der Waals surface area contributed by atoms with Gasteiger partial charge in [-0.15, -0.1) is 0 Å². The summed E-state index contributed by atoms with van der Waals surface area (Å²) in [4.78, 5) is 21.6. The Labute approximate surface area is 170 Å². The van der Waals surface area contributed by atoms with Crippen LogP contribution in [0.3, 0.4) is 0 Å². The lowest BCUT2D eigenvalue weighted by Gasteiger charge is -2.34. The van der Waals surface area contributed by atoms with Crippen LogP contribution >= 0.6 is 0 Å². The fourth-order valence-corrected chi connectivity index (χ4v) is 3.73. The number of hydrogen-bond acceptors (Lipinski definition) is 5. The van der Waals surface area contributed by atoms with E-state index in [0.717, 1.165) is 48.0 Å². The van der Waals surface area contributed by atoms with Crippen LogP contribution in [0.4, 0.5) is 0 Å². The fraction of sp³-hybridized carbons (Fsp3) is 0.409. The molecule has 4 rings (SSSR count). The second-order valence-electron chi connectivity index (χ2n) is 7.59. The summed E-state index contributed by atoms with van der Waals surface area (Å²) in [5, 5.41) is 4.47. The Kier molecular flexibility index (Phi) is 5.49. The molecule has 7 nitrogen and oxygen atoms in total. The summed E-state index contributed by atoms with van der Waals surface area (Å²) >= 11 is 0. The van der Waals surface area contributed by atoms with Crippen molar-refractivity contribution in [2.45, 2.75) is 20.8 Å². The molecule has 3 aromatic rings. The third kappa shape index (κ3) is 4.24. The van der Waals surface area contributed by atoms with Crippen LogP contribution in [0.1, 0.15) is 27.4 Å². The molecule has 0 aliphatic carbocycles. The lowest BCUT2D eigenvalue weighted by molar-refractivity contribution is 0.0614. The van der Waals surface area contributed by atoms with Crippen LogP contribution in [0.25, 0.3) is 5.65 Å². The van der Waals surface area contributed by atoms with Gasteiger partial charge in [-0.2, -0.15) is 5.10 Å². The summed E-state index contributed by atoms with van der Waals surface area (Å²) in [6, 6.07) is 11.8. The van der Waals surface area contributed by atoms with Crippen LogP contribution in [0.5, 0.6) is 5.75 Å². The van der Waals surface area contributed by atoms with Gasteiger partial charge < -0.3 is 9.64 Å². The van der Waals surface area contributed by atoms with E-state index in [2.05, 4.69) is 28.0 Å². The summed E-state index contributed by atoms with van der Waals surface area (Å²) in [6.07, 6.45) is 0. The number of carbonyl (C=O) groups is 1. The zero-order valence-corrected chi connectivity index (χ0v) is 17.3. The highest BCUT2D eigenvalue weighted by Crippen LogP contribution is 2.16. The van der Waals surface area contributed by atoms with Crippen LogP contribution in [0.15, 0.2) is 36.4 Å². The molecular formula is C22H27N5O2. The predicted molar refractivity (Wildman–Crippen MR) is 111 cm³/mol. The first kappa shape index (κ1) is 19.4. The van der Waals surface area contributed by atoms with Crippen LogP contribution in [-0.4, -0.2) is 69.6 Å². The number of aromatic nitrogens is 3. The summed E-state index contributed by atoms with van der Waals surface area (Å²) in [5.74, 6) is 0.913. The Morgan fingerprint density at radius 1 is 1.07 bits per heavy atom. The maximum Gasteiger partial charge on any atom is 0.274 e. The monoisotopic (exact) mass is 393 g/mol. The molecule has 1 aliphatic heterocycles. The molecule has 7 heteroatoms. The fourth-order valence-electron chi connectivity index (χ4n) is 3.73. The van der Waals surface area contributed by atoms with E-state index in [9.17, 15) is 4.79 Å². The number of nitrogens with zero attached hydrogens (tertiary/aromatic N) is 5. The van der Waals surface area contributed by atoms with E-state index in [0.29, 0.717) is 25.4 Å². The molecule has 2 aromatic heterocycles. The minimum atomic E-state index is -0.0247. The number of piperazine rings is 1. The molecule has 1 aliphatic rings.